The topological polar surface area (TPSA) is 29.5 Å². The number of ether oxygens (including phenoxy) is 1. The molecule has 0 aromatic heterocycles. The summed E-state index contributed by atoms with van der Waals surface area (Å²) in [5.41, 5.74) is -0.328. The first-order valence-corrected chi connectivity index (χ1v) is 7.64. The lowest BCUT2D eigenvalue weighted by molar-refractivity contribution is -0.0878. The van der Waals surface area contributed by atoms with Gasteiger partial charge in [0.25, 0.3) is 0 Å². The van der Waals surface area contributed by atoms with Crippen LogP contribution in [-0.4, -0.2) is 29.7 Å². The second kappa shape index (κ2) is 6.29. The maximum Gasteiger partial charge on any atom is 0.0944 e. The highest BCUT2D eigenvalue weighted by Crippen LogP contribution is 2.37. The summed E-state index contributed by atoms with van der Waals surface area (Å²) in [5, 5.41) is 11.1. The fraction of sp³-hybridized carbons (Fsp3) is 0.571. The summed E-state index contributed by atoms with van der Waals surface area (Å²) in [6.45, 7) is 0. The van der Waals surface area contributed by atoms with Gasteiger partial charge in [-0.1, -0.05) is 30.5 Å². The molecule has 1 atom stereocenters. The predicted molar refractivity (Wildman–Crippen MR) is 76.4 cm³/mol. The Kier molecular flexibility index (Phi) is 4.96. The highest BCUT2D eigenvalue weighted by molar-refractivity contribution is 7.99. The van der Waals surface area contributed by atoms with Crippen molar-refractivity contribution >= 4 is 23.4 Å². The van der Waals surface area contributed by atoms with Gasteiger partial charge in [0.1, 0.15) is 0 Å². The Bertz CT molecular complexity index is 391. The van der Waals surface area contributed by atoms with Gasteiger partial charge in [0, 0.05) is 22.8 Å². The Hall–Kier alpha value is -0.220. The van der Waals surface area contributed by atoms with Crippen LogP contribution in [0, 0.1) is 0 Å². The Morgan fingerprint density at radius 3 is 2.78 bits per heavy atom. The van der Waals surface area contributed by atoms with Crippen molar-refractivity contribution in [3.05, 3.63) is 29.3 Å². The minimum Gasteiger partial charge on any atom is -0.389 e. The lowest BCUT2D eigenvalue weighted by Gasteiger charge is -2.32. The van der Waals surface area contributed by atoms with E-state index in [4.69, 9.17) is 16.3 Å². The molecule has 0 bridgehead atoms. The molecule has 1 unspecified atom stereocenters. The van der Waals surface area contributed by atoms with Gasteiger partial charge >= 0.3 is 0 Å². The summed E-state index contributed by atoms with van der Waals surface area (Å²) < 4.78 is 5.58. The largest absolute Gasteiger partial charge is 0.389 e. The molecule has 18 heavy (non-hydrogen) atoms. The zero-order valence-electron chi connectivity index (χ0n) is 10.6. The first-order chi connectivity index (χ1) is 8.66. The zero-order valence-corrected chi connectivity index (χ0v) is 12.1. The molecule has 0 saturated heterocycles. The van der Waals surface area contributed by atoms with Crippen LogP contribution >= 0.6 is 23.4 Å². The second-order valence-electron chi connectivity index (χ2n) is 4.76. The highest BCUT2D eigenvalue weighted by atomic mass is 35.5. The molecule has 2 nitrogen and oxygen atoms in total. The Morgan fingerprint density at radius 2 is 2.17 bits per heavy atom. The van der Waals surface area contributed by atoms with E-state index in [0.717, 1.165) is 35.6 Å². The summed E-state index contributed by atoms with van der Waals surface area (Å²) in [7, 11) is 1.71. The SMILES string of the molecule is COC1(C(O)CSc2cccc(Cl)c2)CCCC1. The fourth-order valence-corrected chi connectivity index (χ4v) is 3.82. The van der Waals surface area contributed by atoms with Gasteiger partial charge in [0.15, 0.2) is 0 Å². The number of hydrogen-bond donors (Lipinski definition) is 1. The molecule has 2 rings (SSSR count). The van der Waals surface area contributed by atoms with Crippen LogP contribution in [0.3, 0.4) is 0 Å². The van der Waals surface area contributed by atoms with E-state index >= 15 is 0 Å². The molecule has 0 aliphatic heterocycles. The average molecular weight is 287 g/mol. The normalized spacial score (nSPS) is 19.9. The number of methoxy groups -OCH3 is 1. The van der Waals surface area contributed by atoms with Crippen LogP contribution in [0.2, 0.25) is 5.02 Å². The first-order valence-electron chi connectivity index (χ1n) is 6.28. The number of hydrogen-bond acceptors (Lipinski definition) is 3. The maximum atomic E-state index is 10.4. The van der Waals surface area contributed by atoms with Crippen molar-refractivity contribution in [1.82, 2.24) is 0 Å². The molecule has 1 fully saturated rings. The number of thioether (sulfide) groups is 1. The number of aliphatic hydroxyl groups excluding tert-OH is 1. The third kappa shape index (κ3) is 3.21. The molecular weight excluding hydrogens is 268 g/mol. The van der Waals surface area contributed by atoms with Gasteiger partial charge in [-0.15, -0.1) is 11.8 Å². The van der Waals surface area contributed by atoms with Crippen molar-refractivity contribution < 1.29 is 9.84 Å². The summed E-state index contributed by atoms with van der Waals surface area (Å²) in [5.74, 6) is 0.647. The average Bonchev–Trinajstić information content (AvgIpc) is 2.86. The number of halogens is 1. The van der Waals surface area contributed by atoms with Crippen molar-refractivity contribution in [2.45, 2.75) is 42.3 Å². The van der Waals surface area contributed by atoms with Crippen molar-refractivity contribution in [2.24, 2.45) is 0 Å². The molecule has 0 amide bonds. The molecule has 1 aromatic carbocycles. The molecule has 1 N–H and O–H groups in total. The lowest BCUT2D eigenvalue weighted by Crippen LogP contribution is -2.43. The standard InChI is InChI=1S/C14H19ClO2S/c1-17-14(7-2-3-8-14)13(16)10-18-12-6-4-5-11(15)9-12/h4-6,9,13,16H,2-3,7-8,10H2,1H3. The quantitative estimate of drug-likeness (QED) is 0.836. The van der Waals surface area contributed by atoms with Crippen LogP contribution in [0.4, 0.5) is 0 Å². The van der Waals surface area contributed by atoms with Gasteiger partial charge in [-0.2, -0.15) is 0 Å². The predicted octanol–water partition coefficient (Wildman–Crippen LogP) is 3.75. The minimum absolute atomic E-state index is 0.328. The van der Waals surface area contributed by atoms with Crippen LogP contribution < -0.4 is 0 Å². The van der Waals surface area contributed by atoms with Crippen molar-refractivity contribution in [2.75, 3.05) is 12.9 Å². The van der Waals surface area contributed by atoms with E-state index in [0.29, 0.717) is 5.75 Å². The molecule has 0 spiro atoms. The Morgan fingerprint density at radius 1 is 1.44 bits per heavy atom. The molecular formula is C14H19ClO2S. The molecule has 1 aliphatic rings. The number of aliphatic hydroxyl groups is 1. The molecule has 4 heteroatoms. The van der Waals surface area contributed by atoms with E-state index in [2.05, 4.69) is 0 Å². The van der Waals surface area contributed by atoms with Gasteiger partial charge in [0.2, 0.25) is 0 Å². The summed E-state index contributed by atoms with van der Waals surface area (Å²) in [4.78, 5) is 1.09. The van der Waals surface area contributed by atoms with Crippen molar-refractivity contribution in [3.63, 3.8) is 0 Å². The van der Waals surface area contributed by atoms with Crippen molar-refractivity contribution in [3.8, 4) is 0 Å². The third-order valence-electron chi connectivity index (χ3n) is 3.67. The molecule has 0 radical (unpaired) electrons. The number of benzene rings is 1. The van der Waals surface area contributed by atoms with Gasteiger partial charge in [0.05, 0.1) is 11.7 Å². The van der Waals surface area contributed by atoms with Crippen LogP contribution in [0.1, 0.15) is 25.7 Å². The Labute approximate surface area is 118 Å². The van der Waals surface area contributed by atoms with E-state index in [1.165, 1.54) is 0 Å². The fourth-order valence-electron chi connectivity index (χ4n) is 2.53. The molecule has 1 aromatic rings. The monoisotopic (exact) mass is 286 g/mol. The van der Waals surface area contributed by atoms with Gasteiger partial charge < -0.3 is 9.84 Å². The highest BCUT2D eigenvalue weighted by Gasteiger charge is 2.40. The smallest absolute Gasteiger partial charge is 0.0944 e. The van der Waals surface area contributed by atoms with Crippen LogP contribution in [0.25, 0.3) is 0 Å². The van der Waals surface area contributed by atoms with Crippen molar-refractivity contribution in [1.29, 1.82) is 0 Å². The van der Waals surface area contributed by atoms with E-state index in [1.807, 2.05) is 24.3 Å². The van der Waals surface area contributed by atoms with Crippen LogP contribution in [0.15, 0.2) is 29.2 Å². The van der Waals surface area contributed by atoms with Gasteiger partial charge in [-0.3, -0.25) is 0 Å². The van der Waals surface area contributed by atoms with Gasteiger partial charge in [-0.05, 0) is 31.0 Å². The number of rotatable bonds is 5. The van der Waals surface area contributed by atoms with E-state index < -0.39 is 6.10 Å². The first kappa shape index (κ1) is 14.2. The molecule has 1 aliphatic carbocycles. The summed E-state index contributed by atoms with van der Waals surface area (Å²) in [6.07, 6.45) is 3.79. The molecule has 0 heterocycles. The van der Waals surface area contributed by atoms with E-state index in [-0.39, 0.29) is 5.60 Å². The molecule has 1 saturated carbocycles. The third-order valence-corrected chi connectivity index (χ3v) is 4.97. The van der Waals surface area contributed by atoms with E-state index in [9.17, 15) is 5.11 Å². The maximum absolute atomic E-state index is 10.4. The Balaban J connectivity index is 1.93. The summed E-state index contributed by atoms with van der Waals surface area (Å²) in [6, 6.07) is 7.72. The second-order valence-corrected chi connectivity index (χ2v) is 6.29. The minimum atomic E-state index is -0.422. The van der Waals surface area contributed by atoms with Crippen LogP contribution in [-0.2, 0) is 4.74 Å². The molecule has 100 valence electrons. The zero-order chi connectivity index (χ0) is 13.0. The summed E-state index contributed by atoms with van der Waals surface area (Å²) >= 11 is 7.57. The lowest BCUT2D eigenvalue weighted by atomic mass is 9.96. The van der Waals surface area contributed by atoms with E-state index in [1.54, 1.807) is 18.9 Å². The van der Waals surface area contributed by atoms with Crippen LogP contribution in [0.5, 0.6) is 0 Å². The van der Waals surface area contributed by atoms with Gasteiger partial charge in [-0.25, -0.2) is 0 Å².